The van der Waals surface area contributed by atoms with E-state index in [4.69, 9.17) is 9.94 Å². The SMILES string of the molecule is CON(C)C(=O)C(Cc1ccc(F)cc1)NC(=O)O. The normalized spacial score (nSPS) is 11.7. The maximum absolute atomic E-state index is 12.8. The molecule has 0 bridgehead atoms. The average Bonchev–Trinajstić information content (AvgIpc) is 2.38. The summed E-state index contributed by atoms with van der Waals surface area (Å²) in [6.45, 7) is 0. The van der Waals surface area contributed by atoms with Crippen LogP contribution in [0.5, 0.6) is 0 Å². The van der Waals surface area contributed by atoms with E-state index in [1.54, 1.807) is 0 Å². The maximum Gasteiger partial charge on any atom is 0.405 e. The van der Waals surface area contributed by atoms with Crippen LogP contribution in [-0.4, -0.2) is 42.4 Å². The second-order valence-corrected chi connectivity index (χ2v) is 3.85. The lowest BCUT2D eigenvalue weighted by Gasteiger charge is -2.21. The molecule has 1 aromatic rings. The number of hydrogen-bond donors (Lipinski definition) is 2. The van der Waals surface area contributed by atoms with Gasteiger partial charge in [0.05, 0.1) is 7.11 Å². The highest BCUT2D eigenvalue weighted by Gasteiger charge is 2.24. The number of likely N-dealkylation sites (N-methyl/N-ethyl adjacent to an activating group) is 1. The Morgan fingerprint density at radius 3 is 2.47 bits per heavy atom. The molecule has 2 amide bonds. The number of hydroxylamine groups is 2. The van der Waals surface area contributed by atoms with Gasteiger partial charge >= 0.3 is 6.09 Å². The Labute approximate surface area is 109 Å². The number of carbonyl (C=O) groups is 2. The Balaban J connectivity index is 2.82. The first-order valence-electron chi connectivity index (χ1n) is 5.49. The Hall–Kier alpha value is -2.15. The van der Waals surface area contributed by atoms with Crippen LogP contribution in [0.25, 0.3) is 0 Å². The van der Waals surface area contributed by atoms with E-state index < -0.39 is 23.9 Å². The molecule has 0 spiro atoms. The van der Waals surface area contributed by atoms with Crippen LogP contribution in [0.15, 0.2) is 24.3 Å². The molecule has 0 saturated heterocycles. The number of hydrogen-bond acceptors (Lipinski definition) is 3. The van der Waals surface area contributed by atoms with E-state index in [9.17, 15) is 14.0 Å². The number of benzene rings is 1. The molecular formula is C12H15FN2O4. The smallest absolute Gasteiger partial charge is 0.405 e. The molecule has 0 aliphatic heterocycles. The molecule has 1 aromatic carbocycles. The van der Waals surface area contributed by atoms with Crippen molar-refractivity contribution in [2.75, 3.05) is 14.2 Å². The highest BCUT2D eigenvalue weighted by molar-refractivity contribution is 5.84. The zero-order valence-electron chi connectivity index (χ0n) is 10.6. The van der Waals surface area contributed by atoms with Gasteiger partial charge in [-0.2, -0.15) is 0 Å². The van der Waals surface area contributed by atoms with Crippen LogP contribution in [0.1, 0.15) is 5.56 Å². The van der Waals surface area contributed by atoms with Gasteiger partial charge in [-0.15, -0.1) is 0 Å². The number of amides is 2. The lowest BCUT2D eigenvalue weighted by atomic mass is 10.1. The van der Waals surface area contributed by atoms with E-state index in [1.165, 1.54) is 38.4 Å². The maximum atomic E-state index is 12.8. The summed E-state index contributed by atoms with van der Waals surface area (Å²) in [5.74, 6) is -0.930. The van der Waals surface area contributed by atoms with Gasteiger partial charge in [-0.1, -0.05) is 12.1 Å². The first-order chi connectivity index (χ1) is 8.93. The van der Waals surface area contributed by atoms with E-state index in [0.717, 1.165) is 5.06 Å². The molecule has 0 aromatic heterocycles. The summed E-state index contributed by atoms with van der Waals surface area (Å²) in [6.07, 6.45) is -1.20. The van der Waals surface area contributed by atoms with Gasteiger partial charge < -0.3 is 10.4 Å². The first kappa shape index (κ1) is 14.9. The predicted molar refractivity (Wildman–Crippen MR) is 64.8 cm³/mol. The number of carboxylic acid groups (broad SMARTS) is 1. The van der Waals surface area contributed by atoms with Gasteiger partial charge in [-0.3, -0.25) is 9.63 Å². The Morgan fingerprint density at radius 1 is 1.42 bits per heavy atom. The van der Waals surface area contributed by atoms with E-state index in [-0.39, 0.29) is 6.42 Å². The third-order valence-corrected chi connectivity index (χ3v) is 2.53. The van der Waals surface area contributed by atoms with Crippen molar-refractivity contribution in [3.8, 4) is 0 Å². The van der Waals surface area contributed by atoms with Crippen molar-refractivity contribution in [2.24, 2.45) is 0 Å². The highest BCUT2D eigenvalue weighted by Crippen LogP contribution is 2.07. The number of halogens is 1. The summed E-state index contributed by atoms with van der Waals surface area (Å²) >= 11 is 0. The first-order valence-corrected chi connectivity index (χ1v) is 5.49. The van der Waals surface area contributed by atoms with Crippen LogP contribution in [-0.2, 0) is 16.1 Å². The number of nitrogens with one attached hydrogen (secondary N) is 1. The molecule has 1 unspecified atom stereocenters. The van der Waals surface area contributed by atoms with Crippen molar-refractivity contribution in [2.45, 2.75) is 12.5 Å². The molecule has 6 nitrogen and oxygen atoms in total. The van der Waals surface area contributed by atoms with Crippen molar-refractivity contribution in [3.63, 3.8) is 0 Å². The molecule has 104 valence electrons. The standard InChI is InChI=1S/C12H15FN2O4/c1-15(19-2)11(16)10(14-12(17)18)7-8-3-5-9(13)6-4-8/h3-6,10,14H,7H2,1-2H3,(H,17,18). The van der Waals surface area contributed by atoms with Crippen molar-refractivity contribution in [3.05, 3.63) is 35.6 Å². The van der Waals surface area contributed by atoms with Crippen LogP contribution in [0.2, 0.25) is 0 Å². The predicted octanol–water partition coefficient (Wildman–Crippen LogP) is 1.02. The summed E-state index contributed by atoms with van der Waals surface area (Å²) < 4.78 is 12.8. The molecule has 1 atom stereocenters. The van der Waals surface area contributed by atoms with E-state index in [1.807, 2.05) is 0 Å². The molecule has 7 heteroatoms. The fourth-order valence-corrected chi connectivity index (χ4v) is 1.51. The third-order valence-electron chi connectivity index (χ3n) is 2.53. The molecular weight excluding hydrogens is 255 g/mol. The topological polar surface area (TPSA) is 78.9 Å². The Morgan fingerprint density at radius 2 is 2.00 bits per heavy atom. The molecule has 0 saturated carbocycles. The van der Waals surface area contributed by atoms with Crippen LogP contribution < -0.4 is 5.32 Å². The molecule has 0 heterocycles. The van der Waals surface area contributed by atoms with Gasteiger partial charge in [-0.05, 0) is 17.7 Å². The lowest BCUT2D eigenvalue weighted by Crippen LogP contribution is -2.47. The van der Waals surface area contributed by atoms with Gasteiger partial charge in [0.1, 0.15) is 11.9 Å². The minimum atomic E-state index is -1.31. The molecule has 0 radical (unpaired) electrons. The average molecular weight is 270 g/mol. The summed E-state index contributed by atoms with van der Waals surface area (Å²) in [5, 5.41) is 11.8. The number of nitrogens with zero attached hydrogens (tertiary/aromatic N) is 1. The largest absolute Gasteiger partial charge is 0.465 e. The Bertz CT molecular complexity index is 450. The quantitative estimate of drug-likeness (QED) is 0.783. The fourth-order valence-electron chi connectivity index (χ4n) is 1.51. The summed E-state index contributed by atoms with van der Waals surface area (Å²) in [4.78, 5) is 27.3. The van der Waals surface area contributed by atoms with Crippen LogP contribution in [0.3, 0.4) is 0 Å². The summed E-state index contributed by atoms with van der Waals surface area (Å²) in [5.41, 5.74) is 0.637. The van der Waals surface area contributed by atoms with Gasteiger partial charge in [-0.25, -0.2) is 14.2 Å². The monoisotopic (exact) mass is 270 g/mol. The van der Waals surface area contributed by atoms with Crippen LogP contribution in [0, 0.1) is 5.82 Å². The van der Waals surface area contributed by atoms with Gasteiger partial charge in [0.15, 0.2) is 0 Å². The Kier molecular flexibility index (Phi) is 5.25. The second kappa shape index (κ2) is 6.69. The molecule has 0 aliphatic rings. The molecule has 0 fully saturated rings. The summed E-state index contributed by atoms with van der Waals surface area (Å²) in [6, 6.07) is 4.49. The van der Waals surface area contributed by atoms with Gasteiger partial charge in [0.2, 0.25) is 0 Å². The van der Waals surface area contributed by atoms with Gasteiger partial charge in [0, 0.05) is 13.5 Å². The van der Waals surface area contributed by atoms with Crippen molar-refractivity contribution < 1.29 is 23.9 Å². The molecule has 0 aliphatic carbocycles. The number of carbonyl (C=O) groups excluding carboxylic acids is 1. The zero-order valence-corrected chi connectivity index (χ0v) is 10.6. The van der Waals surface area contributed by atoms with Crippen molar-refractivity contribution >= 4 is 12.0 Å². The molecule has 2 N–H and O–H groups in total. The van der Waals surface area contributed by atoms with Crippen molar-refractivity contribution in [1.29, 1.82) is 0 Å². The molecule has 19 heavy (non-hydrogen) atoms. The van der Waals surface area contributed by atoms with Gasteiger partial charge in [0.25, 0.3) is 5.91 Å². The van der Waals surface area contributed by atoms with E-state index >= 15 is 0 Å². The lowest BCUT2D eigenvalue weighted by molar-refractivity contribution is -0.170. The zero-order chi connectivity index (χ0) is 14.4. The van der Waals surface area contributed by atoms with Crippen LogP contribution >= 0.6 is 0 Å². The highest BCUT2D eigenvalue weighted by atomic mass is 19.1. The van der Waals surface area contributed by atoms with Crippen molar-refractivity contribution in [1.82, 2.24) is 10.4 Å². The second-order valence-electron chi connectivity index (χ2n) is 3.85. The molecule has 1 rings (SSSR count). The summed E-state index contributed by atoms with van der Waals surface area (Å²) in [7, 11) is 2.68. The van der Waals surface area contributed by atoms with E-state index in [0.29, 0.717) is 5.56 Å². The fraction of sp³-hybridized carbons (Fsp3) is 0.333. The minimum Gasteiger partial charge on any atom is -0.465 e. The third kappa shape index (κ3) is 4.55. The minimum absolute atomic E-state index is 0.110. The number of rotatable bonds is 5. The van der Waals surface area contributed by atoms with E-state index in [2.05, 4.69) is 5.32 Å². The van der Waals surface area contributed by atoms with Crippen LogP contribution in [0.4, 0.5) is 9.18 Å².